The zero-order valence-corrected chi connectivity index (χ0v) is 12.4. The number of benzene rings is 1. The second kappa shape index (κ2) is 6.84. The highest BCUT2D eigenvalue weighted by atomic mass is 79.9. The average Bonchev–Trinajstić information content (AvgIpc) is 2.94. The number of carbonyl (C=O) groups excluding carboxylic acids is 1. The molecule has 0 unspecified atom stereocenters. The minimum Gasteiger partial charge on any atom is -0.478 e. The van der Waals surface area contributed by atoms with Crippen molar-refractivity contribution in [3.63, 3.8) is 0 Å². The minimum absolute atomic E-state index is 0.0791. The number of amides is 2. The van der Waals surface area contributed by atoms with Gasteiger partial charge in [-0.3, -0.25) is 4.68 Å². The van der Waals surface area contributed by atoms with Gasteiger partial charge in [-0.2, -0.15) is 0 Å². The first-order valence-corrected chi connectivity index (χ1v) is 6.77. The number of halogens is 1. The summed E-state index contributed by atoms with van der Waals surface area (Å²) in [6, 6.07) is 4.12. The molecular weight excluding hydrogens is 342 g/mol. The van der Waals surface area contributed by atoms with Gasteiger partial charge in [-0.15, -0.1) is 5.10 Å². The van der Waals surface area contributed by atoms with Crippen LogP contribution in [-0.2, 0) is 6.54 Å². The van der Waals surface area contributed by atoms with Crippen LogP contribution in [0.3, 0.4) is 0 Å². The number of hydrogen-bond acceptors (Lipinski definition) is 4. The number of nitrogens with one attached hydrogen (secondary N) is 2. The molecule has 21 heavy (non-hydrogen) atoms. The zero-order chi connectivity index (χ0) is 15.2. The molecular formula is C12H12BrN5O3. The first-order chi connectivity index (χ1) is 10.1. The number of aromatic carboxylic acids is 1. The molecule has 0 aliphatic rings. The predicted octanol–water partition coefficient (Wildman–Crippen LogP) is 1.56. The van der Waals surface area contributed by atoms with E-state index in [0.717, 1.165) is 0 Å². The van der Waals surface area contributed by atoms with E-state index in [1.54, 1.807) is 29.2 Å². The molecule has 0 atom stereocenters. The summed E-state index contributed by atoms with van der Waals surface area (Å²) in [5, 5.41) is 21.6. The van der Waals surface area contributed by atoms with Crippen LogP contribution in [0.25, 0.3) is 0 Å². The van der Waals surface area contributed by atoms with Gasteiger partial charge in [-0.05, 0) is 34.1 Å². The van der Waals surface area contributed by atoms with Crippen LogP contribution in [0.5, 0.6) is 0 Å². The van der Waals surface area contributed by atoms with Gasteiger partial charge in [0.05, 0.1) is 18.3 Å². The number of urea groups is 1. The van der Waals surface area contributed by atoms with Crippen LogP contribution in [0.1, 0.15) is 10.4 Å². The number of carboxylic acids is 1. The quantitative estimate of drug-likeness (QED) is 0.755. The molecule has 2 amide bonds. The normalized spacial score (nSPS) is 10.1. The Balaban J connectivity index is 1.87. The van der Waals surface area contributed by atoms with Crippen molar-refractivity contribution in [3.05, 3.63) is 40.6 Å². The molecule has 0 fully saturated rings. The predicted molar refractivity (Wildman–Crippen MR) is 78.1 cm³/mol. The Bertz CT molecular complexity index is 644. The highest BCUT2D eigenvalue weighted by Gasteiger charge is 2.10. The van der Waals surface area contributed by atoms with E-state index in [2.05, 4.69) is 36.9 Å². The Kier molecular flexibility index (Phi) is 4.88. The summed E-state index contributed by atoms with van der Waals surface area (Å²) in [5.74, 6) is -1.07. The Labute approximate surface area is 128 Å². The molecule has 0 spiro atoms. The van der Waals surface area contributed by atoms with Crippen molar-refractivity contribution in [2.75, 3.05) is 11.9 Å². The summed E-state index contributed by atoms with van der Waals surface area (Å²) < 4.78 is 2.04. The van der Waals surface area contributed by atoms with E-state index in [4.69, 9.17) is 5.11 Å². The van der Waals surface area contributed by atoms with Crippen LogP contribution in [0.15, 0.2) is 35.1 Å². The van der Waals surface area contributed by atoms with Gasteiger partial charge in [-0.25, -0.2) is 9.59 Å². The summed E-state index contributed by atoms with van der Waals surface area (Å²) in [4.78, 5) is 22.7. The molecule has 0 aliphatic heterocycles. The zero-order valence-electron chi connectivity index (χ0n) is 10.8. The maximum Gasteiger partial charge on any atom is 0.336 e. The first-order valence-electron chi connectivity index (χ1n) is 5.98. The van der Waals surface area contributed by atoms with Crippen molar-refractivity contribution < 1.29 is 14.7 Å². The third-order valence-corrected chi connectivity index (χ3v) is 3.24. The fourth-order valence-electron chi connectivity index (χ4n) is 1.58. The van der Waals surface area contributed by atoms with Crippen molar-refractivity contribution >= 4 is 33.6 Å². The molecule has 110 valence electrons. The molecule has 0 saturated heterocycles. The van der Waals surface area contributed by atoms with Crippen molar-refractivity contribution in [2.24, 2.45) is 0 Å². The van der Waals surface area contributed by atoms with Gasteiger partial charge in [-0.1, -0.05) is 5.21 Å². The largest absolute Gasteiger partial charge is 0.478 e. The van der Waals surface area contributed by atoms with Crippen LogP contribution in [-0.4, -0.2) is 38.6 Å². The first kappa shape index (κ1) is 15.0. The molecule has 2 aromatic rings. The SMILES string of the molecule is O=C(NCCn1ccnn1)Nc1ccc(Br)c(C(=O)O)c1. The Morgan fingerprint density at radius 3 is 2.86 bits per heavy atom. The second-order valence-corrected chi connectivity index (χ2v) is 4.90. The van der Waals surface area contributed by atoms with Gasteiger partial charge in [0.1, 0.15) is 0 Å². The second-order valence-electron chi connectivity index (χ2n) is 4.05. The van der Waals surface area contributed by atoms with Crippen molar-refractivity contribution in [1.82, 2.24) is 20.3 Å². The smallest absolute Gasteiger partial charge is 0.336 e. The van der Waals surface area contributed by atoms with E-state index in [-0.39, 0.29) is 5.56 Å². The summed E-state index contributed by atoms with van der Waals surface area (Å²) in [5.41, 5.74) is 0.476. The molecule has 2 rings (SSSR count). The molecule has 0 saturated carbocycles. The van der Waals surface area contributed by atoms with Gasteiger partial charge < -0.3 is 15.7 Å². The van der Waals surface area contributed by atoms with Crippen molar-refractivity contribution in [1.29, 1.82) is 0 Å². The van der Waals surface area contributed by atoms with Crippen LogP contribution >= 0.6 is 15.9 Å². The lowest BCUT2D eigenvalue weighted by atomic mass is 10.2. The third-order valence-electron chi connectivity index (χ3n) is 2.55. The molecule has 0 radical (unpaired) electrons. The summed E-state index contributed by atoms with van der Waals surface area (Å²) in [7, 11) is 0. The standard InChI is InChI=1S/C12H12BrN5O3/c13-10-2-1-8(7-9(10)11(19)20)16-12(21)14-3-5-18-6-4-15-17-18/h1-2,4,6-7H,3,5H2,(H,19,20)(H2,14,16,21). The van der Waals surface area contributed by atoms with Gasteiger partial charge in [0, 0.05) is 22.9 Å². The Morgan fingerprint density at radius 2 is 2.19 bits per heavy atom. The summed E-state index contributed by atoms with van der Waals surface area (Å²) in [6.45, 7) is 0.867. The molecule has 0 bridgehead atoms. The number of carboxylic acid groups (broad SMARTS) is 1. The summed E-state index contributed by atoms with van der Waals surface area (Å²) in [6.07, 6.45) is 3.24. The van der Waals surface area contributed by atoms with Gasteiger partial charge >= 0.3 is 12.0 Å². The number of hydrogen-bond donors (Lipinski definition) is 3. The number of nitrogens with zero attached hydrogens (tertiary/aromatic N) is 3. The van der Waals surface area contributed by atoms with E-state index in [1.165, 1.54) is 6.07 Å². The number of aromatic nitrogens is 3. The highest BCUT2D eigenvalue weighted by Crippen LogP contribution is 2.21. The maximum absolute atomic E-state index is 11.7. The van der Waals surface area contributed by atoms with Crippen molar-refractivity contribution in [3.8, 4) is 0 Å². The molecule has 1 heterocycles. The molecule has 1 aromatic carbocycles. The van der Waals surface area contributed by atoms with Gasteiger partial charge in [0.25, 0.3) is 0 Å². The molecule has 9 heteroatoms. The van der Waals surface area contributed by atoms with Crippen LogP contribution in [0, 0.1) is 0 Å². The molecule has 3 N–H and O–H groups in total. The lowest BCUT2D eigenvalue weighted by Gasteiger charge is -2.09. The number of rotatable bonds is 5. The van der Waals surface area contributed by atoms with Crippen LogP contribution < -0.4 is 10.6 Å². The van der Waals surface area contributed by atoms with E-state index in [9.17, 15) is 9.59 Å². The number of carbonyl (C=O) groups is 2. The van der Waals surface area contributed by atoms with Crippen LogP contribution in [0.2, 0.25) is 0 Å². The lowest BCUT2D eigenvalue weighted by Crippen LogP contribution is -2.31. The van der Waals surface area contributed by atoms with Gasteiger partial charge in [0.2, 0.25) is 0 Å². The third kappa shape index (κ3) is 4.28. The summed E-state index contributed by atoms with van der Waals surface area (Å²) >= 11 is 3.14. The van der Waals surface area contributed by atoms with E-state index >= 15 is 0 Å². The fourth-order valence-corrected chi connectivity index (χ4v) is 1.99. The molecule has 8 nitrogen and oxygen atoms in total. The Morgan fingerprint density at radius 1 is 1.38 bits per heavy atom. The molecule has 1 aromatic heterocycles. The molecule has 0 aliphatic carbocycles. The van der Waals surface area contributed by atoms with Crippen LogP contribution in [0.4, 0.5) is 10.5 Å². The highest BCUT2D eigenvalue weighted by molar-refractivity contribution is 9.10. The van der Waals surface area contributed by atoms with Gasteiger partial charge in [0.15, 0.2) is 0 Å². The minimum atomic E-state index is -1.07. The van der Waals surface area contributed by atoms with Crippen molar-refractivity contribution in [2.45, 2.75) is 6.54 Å². The maximum atomic E-state index is 11.7. The average molecular weight is 354 g/mol. The monoisotopic (exact) mass is 353 g/mol. The Hall–Kier alpha value is -2.42. The van der Waals surface area contributed by atoms with E-state index < -0.39 is 12.0 Å². The number of anilines is 1. The lowest BCUT2D eigenvalue weighted by molar-refractivity contribution is 0.0696. The van der Waals surface area contributed by atoms with E-state index in [0.29, 0.717) is 23.2 Å². The van der Waals surface area contributed by atoms with E-state index in [1.807, 2.05) is 0 Å². The fraction of sp³-hybridized carbons (Fsp3) is 0.167. The topological polar surface area (TPSA) is 109 Å².